The Labute approximate surface area is 180 Å². The molecular formula is C20H12F6N4OS. The topological polar surface area (TPSA) is 63.6 Å². The number of hydrogen-bond acceptors (Lipinski definition) is 4. The van der Waals surface area contributed by atoms with Crippen molar-refractivity contribution in [2.45, 2.75) is 23.3 Å². The summed E-state index contributed by atoms with van der Waals surface area (Å²) in [6.45, 7) is 0. The normalized spacial score (nSPS) is 12.4. The quantitative estimate of drug-likeness (QED) is 0.245. The monoisotopic (exact) mass is 470 g/mol. The van der Waals surface area contributed by atoms with Crippen molar-refractivity contribution in [3.05, 3.63) is 81.8 Å². The van der Waals surface area contributed by atoms with Crippen LogP contribution in [0.2, 0.25) is 0 Å². The Hall–Kier alpha value is -3.28. The number of nitrogens with zero attached hydrogens (tertiary/aromatic N) is 3. The molecule has 166 valence electrons. The van der Waals surface area contributed by atoms with E-state index in [2.05, 4.69) is 15.2 Å². The highest BCUT2D eigenvalue weighted by atomic mass is 32.2. The minimum atomic E-state index is -4.61. The molecule has 0 saturated heterocycles. The Morgan fingerprint density at radius 2 is 1.62 bits per heavy atom. The fraction of sp³-hybridized carbons (Fsp3) is 0.150. The highest BCUT2D eigenvalue weighted by Crippen LogP contribution is 2.32. The molecule has 32 heavy (non-hydrogen) atoms. The Morgan fingerprint density at radius 1 is 0.938 bits per heavy atom. The maximum absolute atomic E-state index is 13.2. The number of hydrogen-bond donors (Lipinski definition) is 1. The lowest BCUT2D eigenvalue weighted by Gasteiger charge is -2.14. The van der Waals surface area contributed by atoms with Gasteiger partial charge in [0.15, 0.2) is 10.8 Å². The Balaban J connectivity index is 1.74. The molecule has 0 aliphatic carbocycles. The van der Waals surface area contributed by atoms with Gasteiger partial charge in [-0.1, -0.05) is 30.0 Å². The van der Waals surface area contributed by atoms with Crippen LogP contribution in [0.1, 0.15) is 16.7 Å². The largest absolute Gasteiger partial charge is 0.416 e. The van der Waals surface area contributed by atoms with Crippen LogP contribution < -0.4 is 5.56 Å². The lowest BCUT2D eigenvalue weighted by Crippen LogP contribution is -2.22. The number of H-pyrrole nitrogens is 1. The van der Waals surface area contributed by atoms with Gasteiger partial charge in [0.2, 0.25) is 0 Å². The molecule has 0 saturated carbocycles. The maximum Gasteiger partial charge on any atom is 0.416 e. The molecule has 2 aromatic heterocycles. The molecule has 0 aliphatic rings. The first-order chi connectivity index (χ1) is 15.0. The zero-order valence-corrected chi connectivity index (χ0v) is 16.6. The van der Waals surface area contributed by atoms with E-state index in [1.54, 1.807) is 0 Å². The molecule has 0 spiro atoms. The third kappa shape index (κ3) is 4.35. The van der Waals surface area contributed by atoms with Gasteiger partial charge >= 0.3 is 12.4 Å². The zero-order chi connectivity index (χ0) is 23.1. The molecule has 0 atom stereocenters. The summed E-state index contributed by atoms with van der Waals surface area (Å²) in [5.41, 5.74) is -1.75. The number of rotatable bonds is 4. The number of alkyl halides is 6. The lowest BCUT2D eigenvalue weighted by atomic mass is 10.1. The van der Waals surface area contributed by atoms with Gasteiger partial charge in [-0.3, -0.25) is 14.5 Å². The van der Waals surface area contributed by atoms with Gasteiger partial charge in [-0.2, -0.15) is 31.4 Å². The van der Waals surface area contributed by atoms with Crippen molar-refractivity contribution >= 4 is 22.8 Å². The van der Waals surface area contributed by atoms with Crippen LogP contribution in [0.4, 0.5) is 26.3 Å². The van der Waals surface area contributed by atoms with Gasteiger partial charge in [0.25, 0.3) is 5.56 Å². The molecule has 0 fully saturated rings. The number of benzene rings is 2. The predicted octanol–water partition coefficient (Wildman–Crippen LogP) is 5.44. The van der Waals surface area contributed by atoms with Gasteiger partial charge in [0.1, 0.15) is 5.39 Å². The van der Waals surface area contributed by atoms with E-state index in [0.717, 1.165) is 40.6 Å². The highest BCUT2D eigenvalue weighted by molar-refractivity contribution is 7.98. The van der Waals surface area contributed by atoms with Crippen LogP contribution in [-0.2, 0) is 18.1 Å². The van der Waals surface area contributed by atoms with Crippen molar-refractivity contribution in [3.63, 3.8) is 0 Å². The molecule has 0 bridgehead atoms. The van der Waals surface area contributed by atoms with Gasteiger partial charge in [0, 0.05) is 5.75 Å². The predicted molar refractivity (Wildman–Crippen MR) is 105 cm³/mol. The van der Waals surface area contributed by atoms with Crippen molar-refractivity contribution < 1.29 is 26.3 Å². The van der Waals surface area contributed by atoms with Crippen LogP contribution in [0.25, 0.3) is 16.7 Å². The van der Waals surface area contributed by atoms with Gasteiger partial charge in [-0.25, -0.2) is 4.98 Å². The smallest absolute Gasteiger partial charge is 0.268 e. The second-order valence-electron chi connectivity index (χ2n) is 6.70. The number of fused-ring (bicyclic) bond motifs is 1. The lowest BCUT2D eigenvalue weighted by molar-refractivity contribution is -0.138. The Kier molecular flexibility index (Phi) is 5.49. The average molecular weight is 470 g/mol. The summed E-state index contributed by atoms with van der Waals surface area (Å²) < 4.78 is 78.8. The molecule has 0 radical (unpaired) electrons. The molecule has 2 aromatic carbocycles. The van der Waals surface area contributed by atoms with Crippen molar-refractivity contribution in [2.24, 2.45) is 0 Å². The molecule has 4 aromatic rings. The van der Waals surface area contributed by atoms with E-state index in [1.807, 2.05) is 0 Å². The van der Waals surface area contributed by atoms with Crippen LogP contribution in [0.15, 0.2) is 64.7 Å². The summed E-state index contributed by atoms with van der Waals surface area (Å²) in [7, 11) is 0. The summed E-state index contributed by atoms with van der Waals surface area (Å²) in [6, 6.07) is 8.67. The number of aromatic nitrogens is 4. The fourth-order valence-electron chi connectivity index (χ4n) is 2.96. The average Bonchev–Trinajstić information content (AvgIpc) is 3.20. The van der Waals surface area contributed by atoms with E-state index in [4.69, 9.17) is 0 Å². The van der Waals surface area contributed by atoms with E-state index >= 15 is 0 Å². The summed E-state index contributed by atoms with van der Waals surface area (Å²) in [5.74, 6) is 0.128. The van der Waals surface area contributed by atoms with E-state index < -0.39 is 29.0 Å². The van der Waals surface area contributed by atoms with Crippen molar-refractivity contribution in [3.8, 4) is 5.69 Å². The Morgan fingerprint density at radius 3 is 2.28 bits per heavy atom. The number of halogens is 6. The highest BCUT2D eigenvalue weighted by Gasteiger charge is 2.31. The van der Waals surface area contributed by atoms with Crippen molar-refractivity contribution in [1.29, 1.82) is 0 Å². The number of aromatic amines is 1. The van der Waals surface area contributed by atoms with Crippen LogP contribution in [0.3, 0.4) is 0 Å². The van der Waals surface area contributed by atoms with Gasteiger partial charge in [-0.15, -0.1) is 0 Å². The number of nitrogens with one attached hydrogen (secondary N) is 1. The molecule has 5 nitrogen and oxygen atoms in total. The zero-order valence-electron chi connectivity index (χ0n) is 15.8. The molecule has 12 heteroatoms. The summed E-state index contributed by atoms with van der Waals surface area (Å²) in [6.07, 6.45) is -7.86. The SMILES string of the molecule is O=c1c2cn[nH]c2nc(SCc2ccc(C(F)(F)F)cc2)n1-c1cccc(C(F)(F)F)c1. The van der Waals surface area contributed by atoms with Crippen molar-refractivity contribution in [1.82, 2.24) is 19.7 Å². The molecule has 4 rings (SSSR count). The van der Waals surface area contributed by atoms with Gasteiger partial charge in [-0.05, 0) is 35.9 Å². The van der Waals surface area contributed by atoms with Crippen molar-refractivity contribution in [2.75, 3.05) is 0 Å². The maximum atomic E-state index is 13.2. The van der Waals surface area contributed by atoms with E-state index in [0.29, 0.717) is 5.56 Å². The molecule has 0 amide bonds. The third-order valence-electron chi connectivity index (χ3n) is 4.53. The van der Waals surface area contributed by atoms with E-state index in [1.165, 1.54) is 30.5 Å². The molecular weight excluding hydrogens is 458 g/mol. The van der Waals surface area contributed by atoms with Gasteiger partial charge < -0.3 is 0 Å². The summed E-state index contributed by atoms with van der Waals surface area (Å²) >= 11 is 0.996. The number of thioether (sulfide) groups is 1. The molecule has 1 N–H and O–H groups in total. The molecule has 0 unspecified atom stereocenters. The van der Waals surface area contributed by atoms with Crippen LogP contribution in [0.5, 0.6) is 0 Å². The molecule has 0 aliphatic heterocycles. The van der Waals surface area contributed by atoms with Crippen LogP contribution in [0, 0.1) is 0 Å². The fourth-order valence-corrected chi connectivity index (χ4v) is 3.92. The van der Waals surface area contributed by atoms with Gasteiger partial charge in [0.05, 0.1) is 23.0 Å². The van der Waals surface area contributed by atoms with Crippen LogP contribution in [-0.4, -0.2) is 19.7 Å². The second-order valence-corrected chi connectivity index (χ2v) is 7.64. The first kappa shape index (κ1) is 21.9. The van der Waals surface area contributed by atoms with E-state index in [9.17, 15) is 31.1 Å². The first-order valence-corrected chi connectivity index (χ1v) is 9.95. The molecule has 2 heterocycles. The summed E-state index contributed by atoms with van der Waals surface area (Å²) in [5, 5.41) is 6.44. The minimum absolute atomic E-state index is 0.0460. The standard InChI is InChI=1S/C20H12F6N4OS/c21-19(22,23)12-6-4-11(5-7-12)10-32-18-28-16-15(9-27-29-16)17(31)30(18)14-3-1-2-13(8-14)20(24,25)26/h1-9H,10H2,(H,27,29). The second kappa shape index (κ2) is 8.01. The minimum Gasteiger partial charge on any atom is -0.268 e. The summed E-state index contributed by atoms with van der Waals surface area (Å²) in [4.78, 5) is 17.3. The van der Waals surface area contributed by atoms with E-state index in [-0.39, 0.29) is 27.6 Å². The first-order valence-electron chi connectivity index (χ1n) is 8.97. The Bertz CT molecular complexity index is 1330. The third-order valence-corrected chi connectivity index (χ3v) is 5.54. The van der Waals surface area contributed by atoms with Crippen LogP contribution >= 0.6 is 11.8 Å².